The van der Waals surface area contributed by atoms with Crippen LogP contribution in [0.2, 0.25) is 0 Å². The largest absolute Gasteiger partial charge is 0.444 e. The number of carbonyl (C=O) groups is 1. The molecule has 1 saturated heterocycles. The number of rotatable bonds is 2. The van der Waals surface area contributed by atoms with Crippen LogP contribution in [0.1, 0.15) is 20.8 Å². The van der Waals surface area contributed by atoms with Gasteiger partial charge in [-0.2, -0.15) is 14.6 Å². The second-order valence-corrected chi connectivity index (χ2v) is 10.2. The third-order valence-electron chi connectivity index (χ3n) is 4.66. The van der Waals surface area contributed by atoms with Gasteiger partial charge in [-0.1, -0.05) is 27.3 Å². The van der Waals surface area contributed by atoms with E-state index in [0.717, 1.165) is 10.0 Å². The number of amides is 1. The second-order valence-electron chi connectivity index (χ2n) is 8.28. The minimum Gasteiger partial charge on any atom is -0.444 e. The molecule has 1 fully saturated rings. The normalized spacial score (nSPS) is 14.8. The van der Waals surface area contributed by atoms with Crippen LogP contribution in [0.5, 0.6) is 0 Å². The van der Waals surface area contributed by atoms with E-state index in [0.29, 0.717) is 47.7 Å². The zero-order valence-electron chi connectivity index (χ0n) is 17.5. The number of piperazine rings is 1. The molecule has 11 heteroatoms. The number of carbonyl (C=O) groups excluding carboxylic acids is 1. The summed E-state index contributed by atoms with van der Waals surface area (Å²) in [6, 6.07) is 7.05. The van der Waals surface area contributed by atoms with Crippen molar-refractivity contribution in [3.8, 4) is 10.6 Å². The number of nitrogens with two attached hydrogens (primary N) is 1. The monoisotopic (exact) mass is 506 g/mol. The van der Waals surface area contributed by atoms with E-state index >= 15 is 0 Å². The van der Waals surface area contributed by atoms with E-state index < -0.39 is 5.60 Å². The van der Waals surface area contributed by atoms with Gasteiger partial charge in [0.2, 0.25) is 4.96 Å². The van der Waals surface area contributed by atoms with E-state index in [1.807, 2.05) is 43.9 Å². The molecule has 0 unspecified atom stereocenters. The molecule has 1 aromatic carbocycles. The standard InChI is InChI=1S/C20H23BrN6O3S/c1-20(2,3)30-19(29)26-6-4-25(5-7-26)16-11-15(28)23-18-27(16)24-17(31-18)12-8-13(21)10-14(22)9-12/h8-11H,4-7,22H2,1-3H3. The molecule has 0 atom stereocenters. The maximum absolute atomic E-state index is 12.3. The molecule has 0 bridgehead atoms. The van der Waals surface area contributed by atoms with Gasteiger partial charge in [-0.05, 0) is 39.0 Å². The van der Waals surface area contributed by atoms with E-state index in [2.05, 4.69) is 20.9 Å². The average molecular weight is 507 g/mol. The lowest BCUT2D eigenvalue weighted by Gasteiger charge is -2.36. The van der Waals surface area contributed by atoms with Crippen LogP contribution < -0.4 is 16.2 Å². The minimum atomic E-state index is -0.536. The highest BCUT2D eigenvalue weighted by Gasteiger charge is 2.27. The van der Waals surface area contributed by atoms with Crippen molar-refractivity contribution in [1.82, 2.24) is 19.5 Å². The van der Waals surface area contributed by atoms with Gasteiger partial charge in [-0.3, -0.25) is 4.79 Å². The molecule has 1 aliphatic rings. The van der Waals surface area contributed by atoms with Crippen LogP contribution in [0.15, 0.2) is 33.5 Å². The Bertz CT molecular complexity index is 1170. The fourth-order valence-electron chi connectivity index (χ4n) is 3.32. The summed E-state index contributed by atoms with van der Waals surface area (Å²) in [4.78, 5) is 32.9. The van der Waals surface area contributed by atoms with Crippen molar-refractivity contribution in [2.24, 2.45) is 0 Å². The fraction of sp³-hybridized carbons (Fsp3) is 0.400. The average Bonchev–Trinajstić information content (AvgIpc) is 3.09. The van der Waals surface area contributed by atoms with Gasteiger partial charge in [0, 0.05) is 48.0 Å². The van der Waals surface area contributed by atoms with Crippen LogP contribution in [-0.4, -0.2) is 57.4 Å². The van der Waals surface area contributed by atoms with Crippen LogP contribution in [0.25, 0.3) is 15.5 Å². The molecule has 4 rings (SSSR count). The molecule has 1 amide bonds. The summed E-state index contributed by atoms with van der Waals surface area (Å²) in [7, 11) is 0. The molecule has 9 nitrogen and oxygen atoms in total. The van der Waals surface area contributed by atoms with E-state index in [9.17, 15) is 9.59 Å². The maximum atomic E-state index is 12.3. The summed E-state index contributed by atoms with van der Waals surface area (Å²) in [6.07, 6.45) is -0.326. The van der Waals surface area contributed by atoms with Crippen LogP contribution in [0.4, 0.5) is 16.3 Å². The first-order valence-corrected chi connectivity index (χ1v) is 11.4. The first-order valence-electron chi connectivity index (χ1n) is 9.79. The highest BCUT2D eigenvalue weighted by Crippen LogP contribution is 2.30. The van der Waals surface area contributed by atoms with E-state index in [-0.39, 0.29) is 11.7 Å². The molecular weight excluding hydrogens is 484 g/mol. The van der Waals surface area contributed by atoms with Gasteiger partial charge in [0.1, 0.15) is 16.4 Å². The minimum absolute atomic E-state index is 0.325. The smallest absolute Gasteiger partial charge is 0.410 e. The van der Waals surface area contributed by atoms with Crippen molar-refractivity contribution in [3.05, 3.63) is 39.1 Å². The molecule has 1 aliphatic heterocycles. The maximum Gasteiger partial charge on any atom is 0.410 e. The third kappa shape index (κ3) is 4.82. The van der Waals surface area contributed by atoms with Crippen LogP contribution in [-0.2, 0) is 4.74 Å². The molecule has 3 heterocycles. The summed E-state index contributed by atoms with van der Waals surface area (Å²) in [6.45, 7) is 7.64. The van der Waals surface area contributed by atoms with Crippen molar-refractivity contribution in [2.75, 3.05) is 36.8 Å². The van der Waals surface area contributed by atoms with Crippen LogP contribution >= 0.6 is 27.3 Å². The van der Waals surface area contributed by atoms with Gasteiger partial charge in [-0.15, -0.1) is 0 Å². The van der Waals surface area contributed by atoms with Crippen molar-refractivity contribution in [3.63, 3.8) is 0 Å². The molecule has 0 saturated carbocycles. The Balaban J connectivity index is 1.61. The number of ether oxygens (including phenoxy) is 1. The Morgan fingerprint density at radius 1 is 1.16 bits per heavy atom. The lowest BCUT2D eigenvalue weighted by Crippen LogP contribution is -2.50. The predicted molar refractivity (Wildman–Crippen MR) is 125 cm³/mol. The Kier molecular flexibility index (Phi) is 5.65. The molecule has 3 aromatic rings. The highest BCUT2D eigenvalue weighted by molar-refractivity contribution is 9.10. The summed E-state index contributed by atoms with van der Waals surface area (Å²) in [5, 5.41) is 5.40. The molecular formula is C20H23BrN6O3S. The Morgan fingerprint density at radius 2 is 1.87 bits per heavy atom. The molecule has 2 aromatic heterocycles. The number of hydrogen-bond donors (Lipinski definition) is 1. The Hall–Kier alpha value is -2.66. The summed E-state index contributed by atoms with van der Waals surface area (Å²) >= 11 is 4.78. The summed E-state index contributed by atoms with van der Waals surface area (Å²) < 4.78 is 7.99. The van der Waals surface area contributed by atoms with Gasteiger partial charge in [0.15, 0.2) is 0 Å². The summed E-state index contributed by atoms with van der Waals surface area (Å²) in [5.74, 6) is 0.657. The Labute approximate surface area is 191 Å². The molecule has 0 radical (unpaired) electrons. The van der Waals surface area contributed by atoms with E-state index in [4.69, 9.17) is 15.6 Å². The van der Waals surface area contributed by atoms with Gasteiger partial charge in [0.25, 0.3) is 5.56 Å². The Morgan fingerprint density at radius 3 is 2.52 bits per heavy atom. The first kappa shape index (κ1) is 21.6. The van der Waals surface area contributed by atoms with Gasteiger partial charge < -0.3 is 20.3 Å². The molecule has 31 heavy (non-hydrogen) atoms. The number of nitrogens with zero attached hydrogens (tertiary/aromatic N) is 5. The zero-order chi connectivity index (χ0) is 22.3. The lowest BCUT2D eigenvalue weighted by atomic mass is 10.2. The van der Waals surface area contributed by atoms with E-state index in [1.165, 1.54) is 17.4 Å². The van der Waals surface area contributed by atoms with Crippen molar-refractivity contribution in [1.29, 1.82) is 0 Å². The first-order chi connectivity index (χ1) is 14.6. The van der Waals surface area contributed by atoms with Gasteiger partial charge >= 0.3 is 6.09 Å². The van der Waals surface area contributed by atoms with Crippen molar-refractivity contribution < 1.29 is 9.53 Å². The lowest BCUT2D eigenvalue weighted by molar-refractivity contribution is 0.0240. The number of halogens is 1. The number of hydrogen-bond acceptors (Lipinski definition) is 8. The molecule has 164 valence electrons. The fourth-order valence-corrected chi connectivity index (χ4v) is 4.72. The quantitative estimate of drug-likeness (QED) is 0.531. The SMILES string of the molecule is CC(C)(C)OC(=O)N1CCN(c2cc(=O)nc3sc(-c4cc(N)cc(Br)c4)nn23)CC1. The second kappa shape index (κ2) is 8.12. The predicted octanol–water partition coefficient (Wildman–Crippen LogP) is 3.22. The number of nitrogen functional groups attached to an aromatic ring is 1. The molecule has 0 aliphatic carbocycles. The van der Waals surface area contributed by atoms with Crippen molar-refractivity contribution >= 4 is 49.8 Å². The number of anilines is 2. The van der Waals surface area contributed by atoms with Gasteiger partial charge in [0.05, 0.1) is 0 Å². The number of aromatic nitrogens is 3. The van der Waals surface area contributed by atoms with Crippen molar-refractivity contribution in [2.45, 2.75) is 26.4 Å². The van der Waals surface area contributed by atoms with Gasteiger partial charge in [-0.25, -0.2) is 4.79 Å². The van der Waals surface area contributed by atoms with Crippen LogP contribution in [0, 0.1) is 0 Å². The van der Waals surface area contributed by atoms with E-state index in [1.54, 1.807) is 9.42 Å². The number of fused-ring (bicyclic) bond motifs is 1. The molecule has 2 N–H and O–H groups in total. The molecule has 0 spiro atoms. The highest BCUT2D eigenvalue weighted by atomic mass is 79.9. The number of benzene rings is 1. The third-order valence-corrected chi connectivity index (χ3v) is 6.07. The summed E-state index contributed by atoms with van der Waals surface area (Å²) in [5.41, 5.74) is 6.56. The topological polar surface area (TPSA) is 106 Å². The zero-order valence-corrected chi connectivity index (χ0v) is 19.9. The van der Waals surface area contributed by atoms with Crippen LogP contribution in [0.3, 0.4) is 0 Å².